The number of carbonyl (C=O) groups is 1. The number of rotatable bonds is 1. The fraction of sp³-hybridized carbons (Fsp3) is 0.538. The number of aromatic nitrogens is 1. The predicted octanol–water partition coefficient (Wildman–Crippen LogP) is 0.687. The zero-order chi connectivity index (χ0) is 12.7. The summed E-state index contributed by atoms with van der Waals surface area (Å²) in [6, 6.07) is 2.13. The highest BCUT2D eigenvalue weighted by Gasteiger charge is 2.41. The van der Waals surface area contributed by atoms with Crippen LogP contribution in [0.1, 0.15) is 18.4 Å². The number of nitrogens with two attached hydrogens (primary N) is 1. The van der Waals surface area contributed by atoms with E-state index in [4.69, 9.17) is 5.73 Å². The smallest absolute Gasteiger partial charge is 0.225 e. The SMILES string of the molecule is Cc1ccnc(N2CCCC3C(=O)NCC32)c1N. The Morgan fingerprint density at radius 2 is 2.39 bits per heavy atom. The number of pyridine rings is 1. The molecule has 0 bridgehead atoms. The van der Waals surface area contributed by atoms with E-state index in [1.807, 2.05) is 13.0 Å². The van der Waals surface area contributed by atoms with Crippen molar-refractivity contribution < 1.29 is 4.79 Å². The molecule has 3 N–H and O–H groups in total. The van der Waals surface area contributed by atoms with Gasteiger partial charge in [-0.15, -0.1) is 0 Å². The molecule has 2 saturated heterocycles. The molecule has 96 valence electrons. The lowest BCUT2D eigenvalue weighted by atomic mass is 9.91. The van der Waals surface area contributed by atoms with E-state index in [9.17, 15) is 4.79 Å². The molecular formula is C13H18N4O. The van der Waals surface area contributed by atoms with E-state index in [0.717, 1.165) is 36.5 Å². The van der Waals surface area contributed by atoms with Gasteiger partial charge < -0.3 is 16.0 Å². The Balaban J connectivity index is 1.96. The van der Waals surface area contributed by atoms with Gasteiger partial charge in [0.25, 0.3) is 0 Å². The monoisotopic (exact) mass is 246 g/mol. The lowest BCUT2D eigenvalue weighted by Gasteiger charge is -2.37. The zero-order valence-corrected chi connectivity index (χ0v) is 10.5. The van der Waals surface area contributed by atoms with E-state index in [0.29, 0.717) is 6.54 Å². The van der Waals surface area contributed by atoms with Crippen LogP contribution in [-0.4, -0.2) is 30.0 Å². The van der Waals surface area contributed by atoms with Gasteiger partial charge in [-0.2, -0.15) is 0 Å². The quantitative estimate of drug-likeness (QED) is 0.764. The number of aryl methyl sites for hydroxylation is 1. The standard InChI is InChI=1S/C13H18N4O/c1-8-4-5-15-12(11(8)14)17-6-2-3-9-10(17)7-16-13(9)18/h4-5,9-10H,2-3,6-7,14H2,1H3,(H,16,18). The number of fused-ring (bicyclic) bond motifs is 1. The van der Waals surface area contributed by atoms with Crippen molar-refractivity contribution in [3.8, 4) is 0 Å². The van der Waals surface area contributed by atoms with Gasteiger partial charge in [-0.1, -0.05) is 0 Å². The van der Waals surface area contributed by atoms with E-state index in [2.05, 4.69) is 15.2 Å². The van der Waals surface area contributed by atoms with Crippen molar-refractivity contribution in [2.45, 2.75) is 25.8 Å². The Bertz CT molecular complexity index is 488. The largest absolute Gasteiger partial charge is 0.396 e. The number of nitrogens with one attached hydrogen (secondary N) is 1. The molecule has 5 nitrogen and oxygen atoms in total. The number of anilines is 2. The predicted molar refractivity (Wildman–Crippen MR) is 70.3 cm³/mol. The summed E-state index contributed by atoms with van der Waals surface area (Å²) in [5.74, 6) is 1.11. The normalized spacial score (nSPS) is 26.9. The van der Waals surface area contributed by atoms with Crippen LogP contribution >= 0.6 is 0 Å². The average molecular weight is 246 g/mol. The van der Waals surface area contributed by atoms with Crippen LogP contribution in [0.3, 0.4) is 0 Å². The summed E-state index contributed by atoms with van der Waals surface area (Å²) in [6.45, 7) is 3.62. The summed E-state index contributed by atoms with van der Waals surface area (Å²) < 4.78 is 0. The second-order valence-electron chi connectivity index (χ2n) is 5.12. The molecule has 0 saturated carbocycles. The van der Waals surface area contributed by atoms with Gasteiger partial charge in [0.2, 0.25) is 5.91 Å². The molecule has 3 rings (SSSR count). The Labute approximate surface area is 106 Å². The fourth-order valence-corrected chi connectivity index (χ4v) is 3.00. The molecule has 0 aliphatic carbocycles. The fourth-order valence-electron chi connectivity index (χ4n) is 3.00. The van der Waals surface area contributed by atoms with Crippen LogP contribution in [0.2, 0.25) is 0 Å². The molecule has 2 aliphatic heterocycles. The maximum absolute atomic E-state index is 11.7. The second kappa shape index (κ2) is 4.15. The first kappa shape index (κ1) is 11.3. The van der Waals surface area contributed by atoms with Crippen molar-refractivity contribution in [3.63, 3.8) is 0 Å². The second-order valence-corrected chi connectivity index (χ2v) is 5.12. The third-order valence-corrected chi connectivity index (χ3v) is 4.06. The van der Waals surface area contributed by atoms with Gasteiger partial charge >= 0.3 is 0 Å². The summed E-state index contributed by atoms with van der Waals surface area (Å²) in [4.78, 5) is 18.4. The molecule has 1 aromatic rings. The minimum atomic E-state index is 0.0977. The van der Waals surface area contributed by atoms with Crippen molar-refractivity contribution in [1.82, 2.24) is 10.3 Å². The molecule has 1 amide bonds. The minimum absolute atomic E-state index is 0.0977. The van der Waals surface area contributed by atoms with Crippen molar-refractivity contribution in [2.24, 2.45) is 5.92 Å². The summed E-state index contributed by atoms with van der Waals surface area (Å²) >= 11 is 0. The molecule has 2 atom stereocenters. The first-order valence-electron chi connectivity index (χ1n) is 6.44. The highest BCUT2D eigenvalue weighted by molar-refractivity contribution is 5.83. The van der Waals surface area contributed by atoms with Crippen LogP contribution in [0.4, 0.5) is 11.5 Å². The van der Waals surface area contributed by atoms with Crippen molar-refractivity contribution in [2.75, 3.05) is 23.7 Å². The van der Waals surface area contributed by atoms with E-state index in [1.54, 1.807) is 6.20 Å². The van der Waals surface area contributed by atoms with Crippen LogP contribution in [0, 0.1) is 12.8 Å². The molecule has 0 aromatic carbocycles. The number of nitrogens with zero attached hydrogens (tertiary/aromatic N) is 2. The first-order valence-corrected chi connectivity index (χ1v) is 6.44. The molecule has 3 heterocycles. The van der Waals surface area contributed by atoms with Crippen LogP contribution in [0.15, 0.2) is 12.3 Å². The molecule has 0 spiro atoms. The lowest BCUT2D eigenvalue weighted by molar-refractivity contribution is -0.122. The van der Waals surface area contributed by atoms with Gasteiger partial charge in [-0.25, -0.2) is 4.98 Å². The van der Waals surface area contributed by atoms with Crippen molar-refractivity contribution in [3.05, 3.63) is 17.8 Å². The van der Waals surface area contributed by atoms with Crippen LogP contribution in [0.5, 0.6) is 0 Å². The lowest BCUT2D eigenvalue weighted by Crippen LogP contribution is -2.46. The molecule has 1 aromatic heterocycles. The molecule has 2 unspecified atom stereocenters. The van der Waals surface area contributed by atoms with Gasteiger partial charge in [0.15, 0.2) is 5.82 Å². The van der Waals surface area contributed by atoms with Gasteiger partial charge in [0.05, 0.1) is 17.6 Å². The van der Waals surface area contributed by atoms with E-state index in [1.165, 1.54) is 0 Å². The summed E-state index contributed by atoms with van der Waals surface area (Å²) in [5, 5.41) is 2.95. The molecule has 18 heavy (non-hydrogen) atoms. The van der Waals surface area contributed by atoms with Gasteiger partial charge in [-0.05, 0) is 31.4 Å². The van der Waals surface area contributed by atoms with E-state index >= 15 is 0 Å². The maximum atomic E-state index is 11.7. The number of amides is 1. The first-order chi connectivity index (χ1) is 8.68. The van der Waals surface area contributed by atoms with E-state index < -0.39 is 0 Å². The third-order valence-electron chi connectivity index (χ3n) is 4.06. The van der Waals surface area contributed by atoms with Crippen LogP contribution in [-0.2, 0) is 4.79 Å². The molecular weight excluding hydrogens is 228 g/mol. The number of piperidine rings is 1. The number of nitrogen functional groups attached to an aromatic ring is 1. The third kappa shape index (κ3) is 1.62. The van der Waals surface area contributed by atoms with Crippen molar-refractivity contribution >= 4 is 17.4 Å². The molecule has 2 fully saturated rings. The van der Waals surface area contributed by atoms with E-state index in [-0.39, 0.29) is 17.9 Å². The molecule has 0 radical (unpaired) electrons. The van der Waals surface area contributed by atoms with Gasteiger partial charge in [0, 0.05) is 19.3 Å². The van der Waals surface area contributed by atoms with Gasteiger partial charge in [0.1, 0.15) is 0 Å². The number of hydrogen-bond acceptors (Lipinski definition) is 4. The number of carbonyl (C=O) groups excluding carboxylic acids is 1. The molecule has 2 aliphatic rings. The summed E-state index contributed by atoms with van der Waals surface area (Å²) in [5.41, 5.74) is 7.90. The van der Waals surface area contributed by atoms with Crippen LogP contribution < -0.4 is 16.0 Å². The number of hydrogen-bond donors (Lipinski definition) is 2. The Hall–Kier alpha value is -1.78. The summed E-state index contributed by atoms with van der Waals surface area (Å²) in [7, 11) is 0. The van der Waals surface area contributed by atoms with Crippen LogP contribution in [0.25, 0.3) is 0 Å². The maximum Gasteiger partial charge on any atom is 0.225 e. The molecule has 5 heteroatoms. The topological polar surface area (TPSA) is 71.2 Å². The Kier molecular flexibility index (Phi) is 2.61. The van der Waals surface area contributed by atoms with Crippen molar-refractivity contribution in [1.29, 1.82) is 0 Å². The average Bonchev–Trinajstić information content (AvgIpc) is 2.75. The minimum Gasteiger partial charge on any atom is -0.396 e. The Morgan fingerprint density at radius 1 is 1.56 bits per heavy atom. The Morgan fingerprint density at radius 3 is 3.22 bits per heavy atom. The summed E-state index contributed by atoms with van der Waals surface area (Å²) in [6.07, 6.45) is 3.78. The zero-order valence-electron chi connectivity index (χ0n) is 10.5. The highest BCUT2D eigenvalue weighted by atomic mass is 16.2. The van der Waals surface area contributed by atoms with Gasteiger partial charge in [-0.3, -0.25) is 4.79 Å². The highest BCUT2D eigenvalue weighted by Crippen LogP contribution is 2.33.